The van der Waals surface area contributed by atoms with Crippen molar-refractivity contribution in [1.82, 2.24) is 0 Å². The van der Waals surface area contributed by atoms with Crippen molar-refractivity contribution in [3.8, 4) is 0 Å². The summed E-state index contributed by atoms with van der Waals surface area (Å²) in [6, 6.07) is 0. The third kappa shape index (κ3) is 2.84. The molecule has 0 heterocycles. The first kappa shape index (κ1) is 10.2. The van der Waals surface area contributed by atoms with E-state index in [0.29, 0.717) is 0 Å². The molecule has 0 rings (SSSR count). The fourth-order valence-electron chi connectivity index (χ4n) is 0.596. The highest BCUT2D eigenvalue weighted by Crippen LogP contribution is 2.29. The molecule has 0 fully saturated rings. The molecule has 0 aromatic heterocycles. The normalized spacial score (nSPS) is 18.1. The number of aldehydes is 1. The van der Waals surface area contributed by atoms with Gasteiger partial charge in [-0.3, -0.25) is 0 Å². The predicted molar refractivity (Wildman–Crippen MR) is 48.4 cm³/mol. The molecule has 0 aliphatic rings. The van der Waals surface area contributed by atoms with Gasteiger partial charge >= 0.3 is 0 Å². The Kier molecular flexibility index (Phi) is 3.60. The minimum Gasteiger partial charge on any atom is -0.302 e. The average Bonchev–Trinajstić information content (AvgIpc) is 1.83. The Labute approximate surface area is 69.4 Å². The fourth-order valence-corrected chi connectivity index (χ4v) is 2.92. The molecule has 60 valence electrons. The fraction of sp³-hybridized carbons (Fsp3) is 0.857. The SMILES string of the molecule is C[SiH](C(Cl)C=O)C(C)(C)C. The van der Waals surface area contributed by atoms with Gasteiger partial charge in [-0.25, -0.2) is 0 Å². The van der Waals surface area contributed by atoms with Crippen LogP contribution >= 0.6 is 11.6 Å². The Bertz CT molecular complexity index is 119. The second-order valence-electron chi connectivity index (χ2n) is 3.74. The minimum absolute atomic E-state index is 0.208. The molecule has 10 heavy (non-hydrogen) atoms. The predicted octanol–water partition coefficient (Wildman–Crippen LogP) is 1.99. The minimum atomic E-state index is -1.09. The Balaban J connectivity index is 4.07. The summed E-state index contributed by atoms with van der Waals surface area (Å²) in [5.74, 6) is 0. The van der Waals surface area contributed by atoms with E-state index < -0.39 is 8.80 Å². The number of carbonyl (C=O) groups is 1. The quantitative estimate of drug-likeness (QED) is 0.359. The third-order valence-electron chi connectivity index (χ3n) is 1.97. The molecule has 0 aliphatic carbocycles. The van der Waals surface area contributed by atoms with Gasteiger partial charge in [-0.1, -0.05) is 27.3 Å². The van der Waals surface area contributed by atoms with Crippen molar-refractivity contribution < 1.29 is 4.79 Å². The van der Waals surface area contributed by atoms with Crippen molar-refractivity contribution in [2.24, 2.45) is 0 Å². The Hall–Kier alpha value is 0.177. The number of rotatable bonds is 2. The van der Waals surface area contributed by atoms with Gasteiger partial charge in [-0.2, -0.15) is 0 Å². The monoisotopic (exact) mass is 178 g/mol. The first-order valence-corrected chi connectivity index (χ1v) is 6.32. The standard InChI is InChI=1S/C7H15ClOSi/c1-7(2,3)10(4)6(8)5-9/h5-6,10H,1-4H3. The zero-order chi connectivity index (χ0) is 8.36. The summed E-state index contributed by atoms with van der Waals surface area (Å²) < 4.78 is 0. The van der Waals surface area contributed by atoms with Crippen LogP contribution in [0.5, 0.6) is 0 Å². The van der Waals surface area contributed by atoms with E-state index in [-0.39, 0.29) is 10.0 Å². The third-order valence-corrected chi connectivity index (χ3v) is 7.05. The van der Waals surface area contributed by atoms with Crippen molar-refractivity contribution in [1.29, 1.82) is 0 Å². The van der Waals surface area contributed by atoms with Crippen molar-refractivity contribution in [3.63, 3.8) is 0 Å². The van der Waals surface area contributed by atoms with E-state index in [0.717, 1.165) is 6.29 Å². The van der Waals surface area contributed by atoms with E-state index in [2.05, 4.69) is 27.3 Å². The lowest BCUT2D eigenvalue weighted by Crippen LogP contribution is -2.33. The molecule has 0 N–H and O–H groups in total. The molecule has 2 atom stereocenters. The lowest BCUT2D eigenvalue weighted by atomic mass is 10.2. The first-order chi connectivity index (χ1) is 4.39. The molecular weight excluding hydrogens is 164 g/mol. The zero-order valence-corrected chi connectivity index (χ0v) is 8.93. The lowest BCUT2D eigenvalue weighted by molar-refractivity contribution is -0.106. The molecule has 0 saturated carbocycles. The van der Waals surface area contributed by atoms with Gasteiger partial charge < -0.3 is 4.79 Å². The van der Waals surface area contributed by atoms with Crippen LogP contribution in [-0.2, 0) is 4.79 Å². The number of hydrogen-bond acceptors (Lipinski definition) is 1. The van der Waals surface area contributed by atoms with Gasteiger partial charge in [0.05, 0.1) is 13.8 Å². The van der Waals surface area contributed by atoms with Gasteiger partial charge in [0.2, 0.25) is 0 Å². The second-order valence-corrected chi connectivity index (χ2v) is 8.69. The Morgan fingerprint density at radius 2 is 1.90 bits per heavy atom. The van der Waals surface area contributed by atoms with Gasteiger partial charge in [-0.15, -0.1) is 11.6 Å². The maximum Gasteiger partial charge on any atom is 0.134 e. The molecule has 2 unspecified atom stereocenters. The van der Waals surface area contributed by atoms with Crippen LogP contribution in [0.1, 0.15) is 20.8 Å². The zero-order valence-electron chi connectivity index (χ0n) is 7.02. The molecule has 0 radical (unpaired) electrons. The number of carbonyl (C=O) groups excluding carboxylic acids is 1. The maximum atomic E-state index is 10.3. The summed E-state index contributed by atoms with van der Waals surface area (Å²) >= 11 is 5.79. The van der Waals surface area contributed by atoms with Crippen molar-refractivity contribution >= 4 is 26.7 Å². The van der Waals surface area contributed by atoms with E-state index in [9.17, 15) is 4.79 Å². The first-order valence-electron chi connectivity index (χ1n) is 3.49. The molecule has 0 aromatic rings. The Morgan fingerprint density at radius 3 is 2.00 bits per heavy atom. The molecular formula is C7H15ClOSi. The average molecular weight is 179 g/mol. The summed E-state index contributed by atoms with van der Waals surface area (Å²) in [6.07, 6.45) is 0.865. The molecule has 0 aliphatic heterocycles. The van der Waals surface area contributed by atoms with Crippen LogP contribution in [0.4, 0.5) is 0 Å². The van der Waals surface area contributed by atoms with Gasteiger partial charge in [0.1, 0.15) is 6.29 Å². The summed E-state index contributed by atoms with van der Waals surface area (Å²) in [6.45, 7) is 8.56. The highest BCUT2D eigenvalue weighted by molar-refractivity contribution is 6.74. The van der Waals surface area contributed by atoms with Crippen molar-refractivity contribution in [3.05, 3.63) is 0 Å². The number of alkyl halides is 1. The van der Waals surface area contributed by atoms with Gasteiger partial charge in [0.25, 0.3) is 0 Å². The molecule has 3 heteroatoms. The second kappa shape index (κ2) is 3.53. The molecule has 0 spiro atoms. The van der Waals surface area contributed by atoms with Crippen molar-refractivity contribution in [2.75, 3.05) is 0 Å². The maximum absolute atomic E-state index is 10.3. The summed E-state index contributed by atoms with van der Waals surface area (Å²) in [5, 5.41) is 0.0489. The van der Waals surface area contributed by atoms with E-state index >= 15 is 0 Å². The topological polar surface area (TPSA) is 17.1 Å². The van der Waals surface area contributed by atoms with Crippen LogP contribution in [0, 0.1) is 0 Å². The number of hydrogen-bond donors (Lipinski definition) is 0. The van der Waals surface area contributed by atoms with Crippen LogP contribution in [0.15, 0.2) is 0 Å². The van der Waals surface area contributed by atoms with E-state index in [1.165, 1.54) is 0 Å². The van der Waals surface area contributed by atoms with Crippen LogP contribution in [-0.4, -0.2) is 20.1 Å². The highest BCUT2D eigenvalue weighted by atomic mass is 35.5. The van der Waals surface area contributed by atoms with E-state index in [1.54, 1.807) is 0 Å². The number of halogens is 1. The van der Waals surface area contributed by atoms with Crippen LogP contribution in [0.2, 0.25) is 11.6 Å². The lowest BCUT2D eigenvalue weighted by Gasteiger charge is -2.26. The molecule has 1 nitrogen and oxygen atoms in total. The molecule has 0 bridgehead atoms. The molecule has 0 saturated heterocycles. The highest BCUT2D eigenvalue weighted by Gasteiger charge is 2.27. The Morgan fingerprint density at radius 1 is 1.50 bits per heavy atom. The summed E-state index contributed by atoms with van der Waals surface area (Å²) in [5.41, 5.74) is 0. The largest absolute Gasteiger partial charge is 0.302 e. The smallest absolute Gasteiger partial charge is 0.134 e. The van der Waals surface area contributed by atoms with Gasteiger partial charge in [-0.05, 0) is 5.04 Å². The summed E-state index contributed by atoms with van der Waals surface area (Å²) in [4.78, 5) is 10.3. The molecule has 0 amide bonds. The van der Waals surface area contributed by atoms with Crippen molar-refractivity contribution in [2.45, 2.75) is 37.4 Å². The van der Waals surface area contributed by atoms with E-state index in [1.807, 2.05) is 0 Å². The summed E-state index contributed by atoms with van der Waals surface area (Å²) in [7, 11) is -1.09. The van der Waals surface area contributed by atoms with Gasteiger partial charge in [0, 0.05) is 0 Å². The van der Waals surface area contributed by atoms with Crippen LogP contribution < -0.4 is 0 Å². The van der Waals surface area contributed by atoms with Gasteiger partial charge in [0.15, 0.2) is 0 Å². The van der Waals surface area contributed by atoms with E-state index in [4.69, 9.17) is 11.6 Å². The molecule has 0 aromatic carbocycles. The van der Waals surface area contributed by atoms with Crippen LogP contribution in [0.25, 0.3) is 0 Å². The van der Waals surface area contributed by atoms with Crippen LogP contribution in [0.3, 0.4) is 0 Å².